The van der Waals surface area contributed by atoms with Crippen molar-refractivity contribution in [3.8, 4) is 0 Å². The van der Waals surface area contributed by atoms with Gasteiger partial charge in [0.05, 0.1) is 5.92 Å². The molecule has 8 heteroatoms. The maximum absolute atomic E-state index is 12.3. The molecule has 1 heterocycles. The Hall–Kier alpha value is -3.06. The zero-order chi connectivity index (χ0) is 20.6. The predicted octanol–water partition coefficient (Wildman–Crippen LogP) is 3.77. The molecule has 1 aliphatic heterocycles. The minimum Gasteiger partial charge on any atom is -0.455 e. The van der Waals surface area contributed by atoms with Crippen LogP contribution >= 0.6 is 11.6 Å². The van der Waals surface area contributed by atoms with Crippen molar-refractivity contribution < 1.29 is 19.1 Å². The third-order valence-corrected chi connectivity index (χ3v) is 4.83. The molecule has 0 radical (unpaired) electrons. The number of esters is 1. The van der Waals surface area contributed by atoms with E-state index in [0.717, 1.165) is 5.69 Å². The number of amides is 3. The second-order valence-corrected chi connectivity index (χ2v) is 7.16. The monoisotopic (exact) mass is 415 g/mol. The van der Waals surface area contributed by atoms with Crippen molar-refractivity contribution in [1.29, 1.82) is 0 Å². The molecule has 1 fully saturated rings. The van der Waals surface area contributed by atoms with Gasteiger partial charge in [0.1, 0.15) is 0 Å². The lowest BCUT2D eigenvalue weighted by Gasteiger charge is -2.30. The number of para-hydroxylation sites is 1. The largest absolute Gasteiger partial charge is 0.455 e. The Balaban J connectivity index is 1.39. The normalized spacial score (nSPS) is 14.2. The lowest BCUT2D eigenvalue weighted by molar-refractivity contribution is -0.152. The van der Waals surface area contributed by atoms with Crippen LogP contribution in [0.5, 0.6) is 0 Å². The number of rotatable bonds is 5. The SMILES string of the molecule is O=C(COC(=O)C1CCN(C(=O)Nc2ccccc2)CC1)Nc1cccc(Cl)c1. The first-order valence-electron chi connectivity index (χ1n) is 9.34. The van der Waals surface area contributed by atoms with E-state index in [1.165, 1.54) is 0 Å². The molecule has 1 aliphatic rings. The van der Waals surface area contributed by atoms with Crippen LogP contribution in [0, 0.1) is 5.92 Å². The Labute approximate surface area is 174 Å². The second-order valence-electron chi connectivity index (χ2n) is 6.72. The predicted molar refractivity (Wildman–Crippen MR) is 111 cm³/mol. The van der Waals surface area contributed by atoms with E-state index >= 15 is 0 Å². The van der Waals surface area contributed by atoms with Gasteiger partial charge in [0.15, 0.2) is 6.61 Å². The Morgan fingerprint density at radius 1 is 0.966 bits per heavy atom. The molecule has 2 N–H and O–H groups in total. The highest BCUT2D eigenvalue weighted by Gasteiger charge is 2.28. The van der Waals surface area contributed by atoms with Crippen molar-refractivity contribution in [1.82, 2.24) is 4.90 Å². The molecule has 152 valence electrons. The molecule has 2 aromatic rings. The summed E-state index contributed by atoms with van der Waals surface area (Å²) in [6, 6.07) is 15.7. The van der Waals surface area contributed by atoms with Crippen LogP contribution < -0.4 is 10.6 Å². The van der Waals surface area contributed by atoms with E-state index in [0.29, 0.717) is 36.6 Å². The number of ether oxygens (including phenoxy) is 1. The quantitative estimate of drug-likeness (QED) is 0.728. The van der Waals surface area contributed by atoms with Gasteiger partial charge in [-0.3, -0.25) is 9.59 Å². The molecule has 29 heavy (non-hydrogen) atoms. The van der Waals surface area contributed by atoms with Crippen LogP contribution in [0.3, 0.4) is 0 Å². The van der Waals surface area contributed by atoms with Gasteiger partial charge < -0.3 is 20.3 Å². The minimum atomic E-state index is -0.430. The highest BCUT2D eigenvalue weighted by atomic mass is 35.5. The molecule has 0 saturated carbocycles. The number of carbonyl (C=O) groups excluding carboxylic acids is 3. The van der Waals surface area contributed by atoms with Gasteiger partial charge >= 0.3 is 12.0 Å². The number of hydrogen-bond acceptors (Lipinski definition) is 4. The van der Waals surface area contributed by atoms with Crippen molar-refractivity contribution >= 4 is 40.9 Å². The molecule has 7 nitrogen and oxygen atoms in total. The number of benzene rings is 2. The maximum Gasteiger partial charge on any atom is 0.321 e. The van der Waals surface area contributed by atoms with E-state index in [1.54, 1.807) is 29.2 Å². The van der Waals surface area contributed by atoms with Gasteiger partial charge in [-0.1, -0.05) is 35.9 Å². The van der Waals surface area contributed by atoms with E-state index in [-0.39, 0.29) is 18.6 Å². The number of hydrogen-bond donors (Lipinski definition) is 2. The molecule has 3 amide bonds. The fraction of sp³-hybridized carbons (Fsp3) is 0.286. The molecule has 3 rings (SSSR count). The van der Waals surface area contributed by atoms with Gasteiger partial charge in [0.2, 0.25) is 0 Å². The van der Waals surface area contributed by atoms with Gasteiger partial charge in [-0.05, 0) is 43.2 Å². The maximum atomic E-state index is 12.3. The van der Waals surface area contributed by atoms with Gasteiger partial charge in [-0.25, -0.2) is 4.79 Å². The molecule has 1 saturated heterocycles. The first-order chi connectivity index (χ1) is 14.0. The molecule has 0 unspecified atom stereocenters. The zero-order valence-corrected chi connectivity index (χ0v) is 16.5. The summed E-state index contributed by atoms with van der Waals surface area (Å²) in [4.78, 5) is 38.1. The third kappa shape index (κ3) is 6.22. The van der Waals surface area contributed by atoms with E-state index in [4.69, 9.17) is 16.3 Å². The fourth-order valence-corrected chi connectivity index (χ4v) is 3.25. The zero-order valence-electron chi connectivity index (χ0n) is 15.8. The molecule has 0 atom stereocenters. The summed E-state index contributed by atoms with van der Waals surface area (Å²) < 4.78 is 5.13. The Bertz CT molecular complexity index is 867. The Kier molecular flexibility index (Phi) is 7.08. The first-order valence-corrected chi connectivity index (χ1v) is 9.72. The Morgan fingerprint density at radius 2 is 1.66 bits per heavy atom. The topological polar surface area (TPSA) is 87.7 Å². The van der Waals surface area contributed by atoms with Gasteiger partial charge in [0, 0.05) is 29.5 Å². The molecular weight excluding hydrogens is 394 g/mol. The smallest absolute Gasteiger partial charge is 0.321 e. The molecule has 2 aromatic carbocycles. The van der Waals surface area contributed by atoms with E-state index in [1.807, 2.05) is 30.3 Å². The van der Waals surface area contributed by atoms with Crippen LogP contribution in [-0.2, 0) is 14.3 Å². The average Bonchev–Trinajstić information content (AvgIpc) is 2.73. The lowest BCUT2D eigenvalue weighted by atomic mass is 9.97. The number of urea groups is 1. The number of likely N-dealkylation sites (tertiary alicyclic amines) is 1. The number of anilines is 2. The van der Waals surface area contributed by atoms with E-state index < -0.39 is 11.9 Å². The summed E-state index contributed by atoms with van der Waals surface area (Å²) in [5.74, 6) is -1.18. The Morgan fingerprint density at radius 3 is 2.34 bits per heavy atom. The average molecular weight is 416 g/mol. The summed E-state index contributed by atoms with van der Waals surface area (Å²) in [6.45, 7) is 0.542. The van der Waals surface area contributed by atoms with Crippen molar-refractivity contribution in [2.75, 3.05) is 30.3 Å². The van der Waals surface area contributed by atoms with Crippen molar-refractivity contribution in [2.24, 2.45) is 5.92 Å². The molecule has 0 spiro atoms. The highest BCUT2D eigenvalue weighted by Crippen LogP contribution is 2.20. The van der Waals surface area contributed by atoms with E-state index in [2.05, 4.69) is 10.6 Å². The molecule has 0 bridgehead atoms. The van der Waals surface area contributed by atoms with Crippen LogP contribution in [0.1, 0.15) is 12.8 Å². The fourth-order valence-electron chi connectivity index (χ4n) is 3.06. The van der Waals surface area contributed by atoms with Crippen LogP contribution in [0.2, 0.25) is 5.02 Å². The number of carbonyl (C=O) groups is 3. The van der Waals surface area contributed by atoms with Crippen LogP contribution in [0.15, 0.2) is 54.6 Å². The van der Waals surface area contributed by atoms with Crippen molar-refractivity contribution in [3.63, 3.8) is 0 Å². The number of nitrogens with one attached hydrogen (secondary N) is 2. The highest BCUT2D eigenvalue weighted by molar-refractivity contribution is 6.30. The number of nitrogens with zero attached hydrogens (tertiary/aromatic N) is 1. The standard InChI is InChI=1S/C21H22ClN3O4/c22-16-5-4-8-18(13-16)23-19(26)14-29-20(27)15-9-11-25(12-10-15)21(28)24-17-6-2-1-3-7-17/h1-8,13,15H,9-12,14H2,(H,23,26)(H,24,28). The van der Waals surface area contributed by atoms with Crippen molar-refractivity contribution in [3.05, 3.63) is 59.6 Å². The third-order valence-electron chi connectivity index (χ3n) is 4.59. The summed E-state index contributed by atoms with van der Waals surface area (Å²) in [6.07, 6.45) is 0.994. The van der Waals surface area contributed by atoms with Crippen LogP contribution in [0.4, 0.5) is 16.2 Å². The minimum absolute atomic E-state index is 0.191. The van der Waals surface area contributed by atoms with Gasteiger partial charge in [-0.2, -0.15) is 0 Å². The first kappa shape index (κ1) is 20.7. The lowest BCUT2D eigenvalue weighted by Crippen LogP contribution is -2.43. The summed E-state index contributed by atoms with van der Waals surface area (Å²) in [7, 11) is 0. The van der Waals surface area contributed by atoms with Crippen molar-refractivity contribution in [2.45, 2.75) is 12.8 Å². The number of piperidine rings is 1. The molecular formula is C21H22ClN3O4. The molecule has 0 aliphatic carbocycles. The number of halogens is 1. The summed E-state index contributed by atoms with van der Waals surface area (Å²) in [5, 5.41) is 5.96. The van der Waals surface area contributed by atoms with Gasteiger partial charge in [-0.15, -0.1) is 0 Å². The van der Waals surface area contributed by atoms with Crippen LogP contribution in [0.25, 0.3) is 0 Å². The summed E-state index contributed by atoms with van der Waals surface area (Å²) in [5.41, 5.74) is 1.26. The second kappa shape index (κ2) is 9.93. The summed E-state index contributed by atoms with van der Waals surface area (Å²) >= 11 is 5.87. The molecule has 0 aromatic heterocycles. The van der Waals surface area contributed by atoms with Gasteiger partial charge in [0.25, 0.3) is 5.91 Å². The van der Waals surface area contributed by atoms with Crippen LogP contribution in [-0.4, -0.2) is 42.5 Å². The van der Waals surface area contributed by atoms with E-state index in [9.17, 15) is 14.4 Å².